The summed E-state index contributed by atoms with van der Waals surface area (Å²) in [6, 6.07) is 28.7. The maximum atomic E-state index is 11.5. The van der Waals surface area contributed by atoms with Crippen molar-refractivity contribution in [3.8, 4) is 46.0 Å². The Morgan fingerprint density at radius 1 is 0.192 bits per heavy atom. The van der Waals surface area contributed by atoms with Crippen LogP contribution in [0.25, 0.3) is 48.6 Å². The van der Waals surface area contributed by atoms with E-state index in [1.165, 1.54) is 0 Å². The number of unbranched alkanes of at least 4 members (excludes halogenated alkanes) is 8. The Labute approximate surface area is 703 Å². The monoisotopic (exact) mass is 1830 g/mol. The Hall–Kier alpha value is -8.04. The molecule has 0 aliphatic heterocycles. The summed E-state index contributed by atoms with van der Waals surface area (Å²) in [5.74, 6) is -1.14. The molecule has 0 radical (unpaired) electrons. The van der Waals surface area contributed by atoms with Crippen molar-refractivity contribution < 1.29 is 142 Å². The van der Waals surface area contributed by atoms with Crippen LogP contribution in [0.4, 0.5) is 0 Å². The Morgan fingerprint density at radius 2 is 0.325 bits per heavy atom. The molecule has 8 N–H and O–H groups in total. The lowest BCUT2D eigenvalue weighted by molar-refractivity contribution is 0.293. The van der Waals surface area contributed by atoms with Gasteiger partial charge in [0.25, 0.3) is 80.9 Å². The van der Waals surface area contributed by atoms with Crippen LogP contribution >= 0.6 is 0 Å². The number of hydrogen-bond donors (Lipinski definition) is 8. The van der Waals surface area contributed by atoms with E-state index in [-0.39, 0.29) is 156 Å². The van der Waals surface area contributed by atoms with Gasteiger partial charge in [-0.25, -0.2) is 0 Å². The molecule has 4 aliphatic rings. The van der Waals surface area contributed by atoms with Crippen molar-refractivity contribution in [3.63, 3.8) is 0 Å². The summed E-state index contributed by atoms with van der Waals surface area (Å²) in [5.41, 5.74) is 8.83. The highest BCUT2D eigenvalue weighted by atomic mass is 32.2. The highest BCUT2D eigenvalue weighted by Gasteiger charge is 2.19. The Balaban J connectivity index is 1.39. The van der Waals surface area contributed by atoms with E-state index in [1.807, 2.05) is 48.6 Å². The third-order valence-electron chi connectivity index (χ3n) is 18.1. The average Bonchev–Trinajstić information content (AvgIpc) is 0.794. The highest BCUT2D eigenvalue weighted by Crippen LogP contribution is 2.35. The van der Waals surface area contributed by atoms with Gasteiger partial charge in [0.05, 0.1) is 98.9 Å². The molecule has 4 bridgehead atoms. The fourth-order valence-electron chi connectivity index (χ4n) is 12.3. The minimum Gasteiger partial charge on any atom is -0.493 e. The molecule has 32 nitrogen and oxygen atoms in total. The molecule has 0 heterocycles. The summed E-state index contributed by atoms with van der Waals surface area (Å²) < 4.78 is 308. The average molecular weight is 1830 g/mol. The first-order valence-corrected chi connectivity index (χ1v) is 51.5. The summed E-state index contributed by atoms with van der Waals surface area (Å²) >= 11 is 0. The molecular weight excluding hydrogens is 1730 g/mol. The van der Waals surface area contributed by atoms with Crippen molar-refractivity contribution in [2.75, 3.05) is 98.9 Å². The molecule has 6 aromatic carbocycles. The second kappa shape index (κ2) is 47.6. The third-order valence-corrected chi connectivity index (χ3v) is 24.5. The number of rotatable bonds is 56. The molecule has 40 heteroatoms. The quantitative estimate of drug-likeness (QED) is 0.00998. The molecule has 120 heavy (non-hydrogen) atoms. The molecule has 0 saturated heterocycles. The minimum atomic E-state index is -4.24. The van der Waals surface area contributed by atoms with Crippen LogP contribution in [-0.2, 0) is 107 Å². The van der Waals surface area contributed by atoms with Gasteiger partial charge in [-0.15, -0.1) is 0 Å². The molecule has 0 spiro atoms. The molecule has 0 fully saturated rings. The first-order chi connectivity index (χ1) is 56.4. The van der Waals surface area contributed by atoms with Gasteiger partial charge in [-0.2, -0.15) is 67.3 Å². The van der Waals surface area contributed by atoms with Crippen molar-refractivity contribution in [1.29, 1.82) is 0 Å². The van der Waals surface area contributed by atoms with E-state index < -0.39 is 127 Å². The Kier molecular flexibility index (Phi) is 39.3. The zero-order chi connectivity index (χ0) is 87.6. The SMILES string of the molecule is O=S(=O)(O)CCCCOc1cc(/C=C/c2cc3c(/C=C/c4cc(OCCCCS(=O)(=O)O)cc(OCCCCS(=O)(=O)O)c4)cc2CCc2cc(/C=C/c4cc(OCCCCS(=O)(=O)O)cc(OCCCCS(=O)(=O)O)c4)c(cc2/C=C/c2cc(OCCCCS(=O)(=O)O)cc(OCCCCS(=O)(=O)O)c2)CC3)cc(OCCCCS(=O)(=O)O)c1. The maximum Gasteiger partial charge on any atom is 0.264 e. The highest BCUT2D eigenvalue weighted by molar-refractivity contribution is 7.87. The normalized spacial score (nSPS) is 13.3. The number of aryl methyl sites for hydroxylation is 4. The molecule has 664 valence electrons. The van der Waals surface area contributed by atoms with Gasteiger partial charge < -0.3 is 37.9 Å². The third kappa shape index (κ3) is 43.1. The van der Waals surface area contributed by atoms with E-state index in [0.717, 1.165) is 44.5 Å². The lowest BCUT2D eigenvalue weighted by Gasteiger charge is -2.19. The molecule has 6 aromatic rings. The predicted octanol–water partition coefficient (Wildman–Crippen LogP) is 12.6. The zero-order valence-electron chi connectivity index (χ0n) is 66.0. The fraction of sp³-hybridized carbons (Fsp3) is 0.450. The molecule has 4 aliphatic carbocycles. The topological polar surface area (TPSA) is 509 Å². The molecule has 0 aromatic heterocycles. The van der Waals surface area contributed by atoms with E-state index >= 15 is 0 Å². The standard InChI is InChI=1S/C80H104O32S8/c81-113(82,83)37-9-1-29-105-73-45-61(46-74(57-73)106-30-2-10-38-114(84,85)86)17-21-65-53-70-27-28-72-56-67(23-19-63-49-77(109-33-5-13-41-117(93,94)95)59-78(50-63)110-34-6-14-42-118(96,97)98)71(55-68(72)24-20-64-51-79(111-35-7-15-43-119(99,100)101)60-80(52-64)112-36-8-16-44-120(102,103)104)26-25-69(65)54-66(70)22-18-62-47-75(107-31-3-11-39-115(87,88)89)58-76(48-62)108-32-4-12-40-116(90,91)92/h17-24,45-60H,1-16,25-44H2,(H,81,82,83)(H,84,85,86)(H,87,88,89)(H,90,91,92)(H,93,94,95)(H,96,97,98)(H,99,100,101)(H,102,103,104)/b21-17+,22-18+,23-19+,24-20+. The molecular formula is C80H104O32S8. The lowest BCUT2D eigenvalue weighted by atomic mass is 9.86. The van der Waals surface area contributed by atoms with E-state index in [9.17, 15) is 104 Å². The van der Waals surface area contributed by atoms with E-state index in [4.69, 9.17) is 37.9 Å². The van der Waals surface area contributed by atoms with Crippen LogP contribution in [0.15, 0.2) is 97.1 Å². The summed E-state index contributed by atoms with van der Waals surface area (Å²) in [7, 11) is -33.9. The van der Waals surface area contributed by atoms with Gasteiger partial charge in [0.15, 0.2) is 0 Å². The van der Waals surface area contributed by atoms with Gasteiger partial charge in [-0.1, -0.05) is 72.9 Å². The van der Waals surface area contributed by atoms with Crippen molar-refractivity contribution in [1.82, 2.24) is 0 Å². The van der Waals surface area contributed by atoms with Crippen LogP contribution in [0, 0.1) is 0 Å². The van der Waals surface area contributed by atoms with Crippen LogP contribution in [-0.4, -0.2) is 203 Å². The van der Waals surface area contributed by atoms with Crippen LogP contribution < -0.4 is 37.9 Å². The smallest absolute Gasteiger partial charge is 0.264 e. The van der Waals surface area contributed by atoms with Gasteiger partial charge >= 0.3 is 0 Å². The molecule has 0 unspecified atom stereocenters. The van der Waals surface area contributed by atoms with Crippen LogP contribution in [0.3, 0.4) is 0 Å². The summed E-state index contributed by atoms with van der Waals surface area (Å²) in [6.07, 6.45) is 19.4. The molecule has 0 atom stereocenters. The number of benzene rings is 6. The van der Waals surface area contributed by atoms with E-state index in [2.05, 4.69) is 24.3 Å². The zero-order valence-corrected chi connectivity index (χ0v) is 72.5. The van der Waals surface area contributed by atoms with Gasteiger partial charge in [-0.3, -0.25) is 36.4 Å². The van der Waals surface area contributed by atoms with Gasteiger partial charge in [0.2, 0.25) is 0 Å². The van der Waals surface area contributed by atoms with Gasteiger partial charge in [0.1, 0.15) is 46.0 Å². The largest absolute Gasteiger partial charge is 0.493 e. The maximum absolute atomic E-state index is 11.5. The number of ether oxygens (including phenoxy) is 8. The van der Waals surface area contributed by atoms with Gasteiger partial charge in [-0.05, 0) is 244 Å². The van der Waals surface area contributed by atoms with Crippen molar-refractivity contribution in [3.05, 3.63) is 164 Å². The van der Waals surface area contributed by atoms with Crippen LogP contribution in [0.5, 0.6) is 46.0 Å². The van der Waals surface area contributed by atoms with Crippen molar-refractivity contribution in [2.24, 2.45) is 0 Å². The Morgan fingerprint density at radius 3 is 0.450 bits per heavy atom. The van der Waals surface area contributed by atoms with Crippen molar-refractivity contribution in [2.45, 2.75) is 128 Å². The van der Waals surface area contributed by atoms with Gasteiger partial charge in [0, 0.05) is 24.3 Å². The number of hydrogen-bond acceptors (Lipinski definition) is 24. The first-order valence-electron chi connectivity index (χ1n) is 38.7. The van der Waals surface area contributed by atoms with E-state index in [0.29, 0.717) is 93.9 Å². The predicted molar refractivity (Wildman–Crippen MR) is 458 cm³/mol. The lowest BCUT2D eigenvalue weighted by Crippen LogP contribution is -2.07. The summed E-state index contributed by atoms with van der Waals surface area (Å²) in [5, 5.41) is 0. The van der Waals surface area contributed by atoms with Crippen molar-refractivity contribution >= 4 is 130 Å². The second-order valence-electron chi connectivity index (χ2n) is 28.5. The molecule has 10 rings (SSSR count). The van der Waals surface area contributed by atoms with Crippen LogP contribution in [0.2, 0.25) is 0 Å². The fourth-order valence-corrected chi connectivity index (χ4v) is 16.8. The minimum absolute atomic E-state index is 0.0550. The second-order valence-corrected chi connectivity index (χ2v) is 41.1. The summed E-state index contributed by atoms with van der Waals surface area (Å²) in [4.78, 5) is 0. The Bertz CT molecular complexity index is 4580. The first kappa shape index (κ1) is 99.1. The summed E-state index contributed by atoms with van der Waals surface area (Å²) in [6.45, 7) is 0.440. The molecule has 0 amide bonds. The van der Waals surface area contributed by atoms with Crippen LogP contribution in [0.1, 0.15) is 169 Å². The van der Waals surface area contributed by atoms with E-state index in [1.54, 1.807) is 72.8 Å². The molecule has 0 saturated carbocycles.